The summed E-state index contributed by atoms with van der Waals surface area (Å²) in [5.41, 5.74) is 3.49. The van der Waals surface area contributed by atoms with Crippen molar-refractivity contribution in [1.82, 2.24) is 0 Å². The van der Waals surface area contributed by atoms with Crippen LogP contribution in [-0.4, -0.2) is 40.6 Å². The third kappa shape index (κ3) is 7.51. The number of amides is 1. The van der Waals surface area contributed by atoms with Crippen molar-refractivity contribution in [3.8, 4) is 11.8 Å². The first-order valence-corrected chi connectivity index (χ1v) is 17.5. The number of hydrogen-bond acceptors (Lipinski definition) is 8. The maximum atomic E-state index is 13.0. The summed E-state index contributed by atoms with van der Waals surface area (Å²) in [5, 5.41) is 13.2. The molecule has 0 atom stereocenters. The average Bonchev–Trinajstić information content (AvgIpc) is 3.44. The van der Waals surface area contributed by atoms with Crippen molar-refractivity contribution in [2.45, 2.75) is 37.5 Å². The van der Waals surface area contributed by atoms with Gasteiger partial charge in [-0.1, -0.05) is 56.3 Å². The maximum absolute atomic E-state index is 13.0. The minimum absolute atomic E-state index is 0.000584. The summed E-state index contributed by atoms with van der Waals surface area (Å²) in [4.78, 5) is 26.5. The molecule has 48 heavy (non-hydrogen) atoms. The molecule has 0 saturated carbocycles. The molecule has 0 spiro atoms. The Balaban J connectivity index is 1.24. The van der Waals surface area contributed by atoms with E-state index in [0.29, 0.717) is 22.9 Å². The molecule has 1 heterocycles. The van der Waals surface area contributed by atoms with E-state index in [0.717, 1.165) is 38.1 Å². The number of thiophene rings is 1. The average molecular weight is 682 g/mol. The van der Waals surface area contributed by atoms with Crippen LogP contribution in [0.25, 0.3) is 12.2 Å². The van der Waals surface area contributed by atoms with Crippen LogP contribution < -0.4 is 14.4 Å². The highest BCUT2D eigenvalue weighted by molar-refractivity contribution is 7.92. The molecule has 0 fully saturated rings. The highest BCUT2D eigenvalue weighted by Gasteiger charge is 2.33. The van der Waals surface area contributed by atoms with Gasteiger partial charge in [0.25, 0.3) is 15.9 Å². The quantitative estimate of drug-likeness (QED) is 0.163. The minimum atomic E-state index is -3.85. The first-order chi connectivity index (χ1) is 22.9. The summed E-state index contributed by atoms with van der Waals surface area (Å²) in [6.45, 7) is 6.17. The number of ether oxygens (including phenoxy) is 2. The van der Waals surface area contributed by atoms with Crippen LogP contribution >= 0.6 is 11.3 Å². The lowest BCUT2D eigenvalue weighted by molar-refractivity contribution is -0.119. The second kappa shape index (κ2) is 14.3. The van der Waals surface area contributed by atoms with E-state index in [2.05, 4.69) is 25.2 Å². The molecule has 0 saturated heterocycles. The lowest BCUT2D eigenvalue weighted by Crippen LogP contribution is -2.26. The van der Waals surface area contributed by atoms with E-state index in [1.54, 1.807) is 30.3 Å². The third-order valence-corrected chi connectivity index (χ3v) is 11.1. The number of nitrogens with one attached hydrogen (secondary N) is 1. The molecule has 0 bridgehead atoms. The highest BCUT2D eigenvalue weighted by Crippen LogP contribution is 2.47. The molecular weight excluding hydrogens is 647 g/mol. The zero-order valence-electron chi connectivity index (χ0n) is 27.0. The lowest BCUT2D eigenvalue weighted by atomic mass is 9.77. The highest BCUT2D eigenvalue weighted by atomic mass is 32.2. The molecule has 1 N–H and O–H groups in total. The molecule has 0 unspecified atom stereocenters. The van der Waals surface area contributed by atoms with Crippen molar-refractivity contribution in [1.29, 1.82) is 5.26 Å². The standard InChI is InChI=1S/C37H35N3O6S2/c1-5-45-29-17-13-25(14-18-29)11-12-26-21-31-32(23-38)35(47-34(31)37(2,3)22-26)39-33(41)24-46-36(42)27-15-19-30(20-16-27)48(43,44)40(4)28-9-7-6-8-10-28/h6-21H,5,22,24H2,1-4H3,(H,39,41)/b12-11+. The summed E-state index contributed by atoms with van der Waals surface area (Å²) in [6.07, 6.45) is 6.79. The number of benzene rings is 3. The number of sulfonamides is 1. The number of para-hydroxylation sites is 1. The monoisotopic (exact) mass is 681 g/mol. The zero-order chi connectivity index (χ0) is 34.5. The van der Waals surface area contributed by atoms with E-state index < -0.39 is 28.5 Å². The molecule has 1 aliphatic rings. The van der Waals surface area contributed by atoms with Crippen molar-refractivity contribution in [2.24, 2.45) is 0 Å². The Morgan fingerprint density at radius 2 is 1.71 bits per heavy atom. The SMILES string of the molecule is CCOc1ccc(/C=C/C2=Cc3c(sc(NC(=O)COC(=O)c4ccc(S(=O)(=O)N(C)c5ccccc5)cc4)c3C#N)C(C)(C)C2)cc1. The Hall–Kier alpha value is -5.18. The van der Waals surface area contributed by atoms with Crippen molar-refractivity contribution in [3.63, 3.8) is 0 Å². The van der Waals surface area contributed by atoms with Crippen molar-refractivity contribution >= 4 is 56.1 Å². The van der Waals surface area contributed by atoms with Gasteiger partial charge in [-0.15, -0.1) is 11.3 Å². The second-order valence-electron chi connectivity index (χ2n) is 11.7. The topological polar surface area (TPSA) is 126 Å². The number of nitrogens with zero attached hydrogens (tertiary/aromatic N) is 2. The molecule has 246 valence electrons. The van der Waals surface area contributed by atoms with E-state index in [-0.39, 0.29) is 15.9 Å². The van der Waals surface area contributed by atoms with Crippen LogP contribution in [0.4, 0.5) is 10.7 Å². The van der Waals surface area contributed by atoms with Crippen molar-refractivity contribution < 1.29 is 27.5 Å². The van der Waals surface area contributed by atoms with Crippen LogP contribution in [0.1, 0.15) is 59.1 Å². The molecule has 5 rings (SSSR count). The Labute approximate surface area is 284 Å². The zero-order valence-corrected chi connectivity index (χ0v) is 28.7. The van der Waals surface area contributed by atoms with Crippen molar-refractivity contribution in [2.75, 3.05) is 29.9 Å². The molecule has 9 nitrogen and oxygen atoms in total. The molecule has 4 aromatic rings. The molecule has 0 aliphatic heterocycles. The fourth-order valence-corrected chi connectivity index (χ4v) is 7.78. The van der Waals surface area contributed by atoms with E-state index in [9.17, 15) is 23.3 Å². The van der Waals surface area contributed by atoms with Gasteiger partial charge in [0.15, 0.2) is 6.61 Å². The molecule has 3 aromatic carbocycles. The first kappa shape index (κ1) is 34.2. The number of rotatable bonds is 11. The van der Waals surface area contributed by atoms with Gasteiger partial charge in [0.1, 0.15) is 16.8 Å². The molecule has 1 amide bonds. The predicted octanol–water partition coefficient (Wildman–Crippen LogP) is 7.42. The van der Waals surface area contributed by atoms with Gasteiger partial charge in [-0.3, -0.25) is 9.10 Å². The van der Waals surface area contributed by atoms with Gasteiger partial charge in [0, 0.05) is 22.9 Å². The molecule has 0 radical (unpaired) electrons. The maximum Gasteiger partial charge on any atom is 0.338 e. The van der Waals surface area contributed by atoms with Crippen LogP contribution in [0.2, 0.25) is 0 Å². The third-order valence-electron chi connectivity index (χ3n) is 7.78. The van der Waals surface area contributed by atoms with Gasteiger partial charge in [-0.25, -0.2) is 13.2 Å². The van der Waals surface area contributed by atoms with Crippen LogP contribution in [-0.2, 0) is 25.0 Å². The van der Waals surface area contributed by atoms with Gasteiger partial charge >= 0.3 is 5.97 Å². The summed E-state index contributed by atoms with van der Waals surface area (Å²) in [6, 6.07) is 24.0. The second-order valence-corrected chi connectivity index (χ2v) is 14.7. The van der Waals surface area contributed by atoms with Crippen molar-refractivity contribution in [3.05, 3.63) is 118 Å². The van der Waals surface area contributed by atoms with E-state index in [1.807, 2.05) is 49.4 Å². The van der Waals surface area contributed by atoms with Gasteiger partial charge in [0.2, 0.25) is 0 Å². The largest absolute Gasteiger partial charge is 0.494 e. The Morgan fingerprint density at radius 3 is 2.35 bits per heavy atom. The van der Waals surface area contributed by atoms with Gasteiger partial charge < -0.3 is 14.8 Å². The number of carbonyl (C=O) groups is 2. The molecular formula is C37H35N3O6S2. The number of allylic oxidation sites excluding steroid dienone is 2. The Bertz CT molecular complexity index is 2020. The summed E-state index contributed by atoms with van der Waals surface area (Å²) >= 11 is 1.34. The number of anilines is 2. The van der Waals surface area contributed by atoms with E-state index in [1.165, 1.54) is 42.6 Å². The molecule has 1 aromatic heterocycles. The number of esters is 1. The van der Waals surface area contributed by atoms with E-state index in [4.69, 9.17) is 9.47 Å². The minimum Gasteiger partial charge on any atom is -0.494 e. The fourth-order valence-electron chi connectivity index (χ4n) is 5.34. The Kier molecular flexibility index (Phi) is 10.2. The number of hydrogen-bond donors (Lipinski definition) is 1. The van der Waals surface area contributed by atoms with Crippen LogP contribution in [0.15, 0.2) is 95.4 Å². The van der Waals surface area contributed by atoms with Gasteiger partial charge in [-0.2, -0.15) is 5.26 Å². The van der Waals surface area contributed by atoms with Crippen LogP contribution in [0.5, 0.6) is 5.75 Å². The number of carbonyl (C=O) groups excluding carboxylic acids is 2. The first-order valence-electron chi connectivity index (χ1n) is 15.2. The summed E-state index contributed by atoms with van der Waals surface area (Å²) in [5.74, 6) is -0.572. The van der Waals surface area contributed by atoms with Gasteiger partial charge in [-0.05, 0) is 79.1 Å². The van der Waals surface area contributed by atoms with Gasteiger partial charge in [0.05, 0.1) is 28.3 Å². The Morgan fingerprint density at radius 1 is 1.02 bits per heavy atom. The van der Waals surface area contributed by atoms with Crippen LogP contribution in [0.3, 0.4) is 0 Å². The summed E-state index contributed by atoms with van der Waals surface area (Å²) < 4.78 is 37.9. The normalized spacial score (nSPS) is 13.6. The van der Waals surface area contributed by atoms with Crippen LogP contribution in [0, 0.1) is 11.3 Å². The number of fused-ring (bicyclic) bond motifs is 1. The summed E-state index contributed by atoms with van der Waals surface area (Å²) in [7, 11) is -2.40. The predicted molar refractivity (Wildman–Crippen MR) is 189 cm³/mol. The lowest BCUT2D eigenvalue weighted by Gasteiger charge is -2.29. The number of nitriles is 1. The molecule has 1 aliphatic carbocycles. The fraction of sp³-hybridized carbons (Fsp3) is 0.216. The van der Waals surface area contributed by atoms with E-state index >= 15 is 0 Å². The smallest absolute Gasteiger partial charge is 0.338 e. The molecule has 11 heteroatoms.